The van der Waals surface area contributed by atoms with Crippen LogP contribution in [0.4, 0.5) is 10.1 Å². The highest BCUT2D eigenvalue weighted by Crippen LogP contribution is 2.47. The Labute approximate surface area is 171 Å². The third-order valence-corrected chi connectivity index (χ3v) is 5.82. The molecule has 0 unspecified atom stereocenters. The molecule has 4 aromatic carbocycles. The van der Waals surface area contributed by atoms with Crippen molar-refractivity contribution < 1.29 is 8.81 Å². The molecule has 0 radical (unpaired) electrons. The second-order valence-corrected chi connectivity index (χ2v) is 7.51. The highest BCUT2D eigenvalue weighted by molar-refractivity contribution is 6.11. The van der Waals surface area contributed by atoms with Gasteiger partial charge in [0, 0.05) is 22.2 Å². The number of hydrogen-bond donors (Lipinski definition) is 1. The summed E-state index contributed by atoms with van der Waals surface area (Å²) in [7, 11) is 0. The minimum absolute atomic E-state index is 0.313. The van der Waals surface area contributed by atoms with Crippen molar-refractivity contribution in [2.75, 3.05) is 5.32 Å². The van der Waals surface area contributed by atoms with Crippen molar-refractivity contribution in [3.05, 3.63) is 112 Å². The zero-order valence-corrected chi connectivity index (χ0v) is 15.9. The minimum atomic E-state index is -0.435. The molecule has 0 spiro atoms. The van der Waals surface area contributed by atoms with Crippen LogP contribution in [0.3, 0.4) is 0 Å². The van der Waals surface area contributed by atoms with Crippen molar-refractivity contribution in [1.29, 1.82) is 0 Å². The fourth-order valence-corrected chi connectivity index (χ4v) is 4.49. The first-order valence-electron chi connectivity index (χ1n) is 9.80. The van der Waals surface area contributed by atoms with Crippen LogP contribution < -0.4 is 10.9 Å². The van der Waals surface area contributed by atoms with Gasteiger partial charge in [-0.3, -0.25) is 0 Å². The third-order valence-electron chi connectivity index (χ3n) is 5.82. The van der Waals surface area contributed by atoms with Crippen molar-refractivity contribution in [3.8, 4) is 11.1 Å². The van der Waals surface area contributed by atoms with E-state index in [0.29, 0.717) is 11.1 Å². The Morgan fingerprint density at radius 3 is 2.33 bits per heavy atom. The molecule has 1 aliphatic heterocycles. The summed E-state index contributed by atoms with van der Waals surface area (Å²) in [6, 6.07) is 25.7. The largest absolute Gasteiger partial charge is 0.422 e. The lowest BCUT2D eigenvalue weighted by atomic mass is 9.83. The summed E-state index contributed by atoms with van der Waals surface area (Å²) in [6.45, 7) is 0. The summed E-state index contributed by atoms with van der Waals surface area (Å²) >= 11 is 0. The van der Waals surface area contributed by atoms with E-state index >= 15 is 0 Å². The lowest BCUT2D eigenvalue weighted by Crippen LogP contribution is -2.25. The van der Waals surface area contributed by atoms with Gasteiger partial charge in [0.05, 0.1) is 11.6 Å². The van der Waals surface area contributed by atoms with Gasteiger partial charge in [-0.05, 0) is 40.6 Å². The maximum atomic E-state index is 13.6. The lowest BCUT2D eigenvalue weighted by molar-refractivity contribution is 0.547. The number of anilines is 1. The van der Waals surface area contributed by atoms with Gasteiger partial charge in [-0.15, -0.1) is 0 Å². The van der Waals surface area contributed by atoms with Crippen molar-refractivity contribution in [3.63, 3.8) is 0 Å². The van der Waals surface area contributed by atoms with Crippen LogP contribution in [0.5, 0.6) is 0 Å². The summed E-state index contributed by atoms with van der Waals surface area (Å²) in [6.07, 6.45) is 0. The Morgan fingerprint density at radius 1 is 0.767 bits per heavy atom. The maximum Gasteiger partial charge on any atom is 0.342 e. The molecule has 1 aromatic heterocycles. The molecule has 0 aliphatic carbocycles. The van der Waals surface area contributed by atoms with Crippen LogP contribution in [0.15, 0.2) is 94.1 Å². The van der Waals surface area contributed by atoms with Crippen LogP contribution >= 0.6 is 0 Å². The lowest BCUT2D eigenvalue weighted by Gasteiger charge is -2.30. The molecule has 3 nitrogen and oxygen atoms in total. The molecule has 5 aromatic rings. The standard InChI is InChI=1S/C26H16FNO2/c27-17-12-9-16(10-13-17)25-24-23(19-7-3-4-8-21(19)30-26(24)29)22-18-6-2-1-5-15(18)11-14-20(22)28-25/h1-14,25,28H/t25-/m0/s1. The topological polar surface area (TPSA) is 42.2 Å². The van der Waals surface area contributed by atoms with Crippen LogP contribution in [0.2, 0.25) is 0 Å². The monoisotopic (exact) mass is 393 g/mol. The minimum Gasteiger partial charge on any atom is -0.422 e. The quantitative estimate of drug-likeness (QED) is 0.342. The van der Waals surface area contributed by atoms with Gasteiger partial charge in [0.2, 0.25) is 0 Å². The van der Waals surface area contributed by atoms with Gasteiger partial charge in [0.15, 0.2) is 0 Å². The molecule has 0 fully saturated rings. The van der Waals surface area contributed by atoms with E-state index in [9.17, 15) is 9.18 Å². The van der Waals surface area contributed by atoms with E-state index in [1.807, 2.05) is 42.5 Å². The molecule has 6 rings (SSSR count). The average Bonchev–Trinajstić information content (AvgIpc) is 2.78. The SMILES string of the molecule is O=c1oc2ccccc2c2c1[C@H](c1ccc(F)cc1)Nc1ccc3ccccc3c1-2. The molecular formula is C26H16FNO2. The highest BCUT2D eigenvalue weighted by Gasteiger charge is 2.32. The van der Waals surface area contributed by atoms with Gasteiger partial charge < -0.3 is 9.73 Å². The molecular weight excluding hydrogens is 377 g/mol. The predicted molar refractivity (Wildman–Crippen MR) is 117 cm³/mol. The van der Waals surface area contributed by atoms with Crippen LogP contribution in [0.1, 0.15) is 17.2 Å². The molecule has 0 bridgehead atoms. The summed E-state index contributed by atoms with van der Waals surface area (Å²) in [5, 5.41) is 6.56. The number of nitrogens with one attached hydrogen (secondary N) is 1. The normalized spacial score (nSPS) is 14.9. The van der Waals surface area contributed by atoms with Gasteiger partial charge in [0.1, 0.15) is 11.4 Å². The number of benzene rings is 4. The number of rotatable bonds is 1. The predicted octanol–water partition coefficient (Wildman–Crippen LogP) is 6.27. The number of para-hydroxylation sites is 1. The third kappa shape index (κ3) is 2.40. The van der Waals surface area contributed by atoms with Gasteiger partial charge in [0.25, 0.3) is 0 Å². The summed E-state index contributed by atoms with van der Waals surface area (Å²) in [5.74, 6) is -0.313. The molecule has 30 heavy (non-hydrogen) atoms. The summed E-state index contributed by atoms with van der Waals surface area (Å²) < 4.78 is 19.2. The van der Waals surface area contributed by atoms with E-state index < -0.39 is 6.04 Å². The van der Waals surface area contributed by atoms with Crippen LogP contribution in [0, 0.1) is 5.82 Å². The number of halogens is 1. The zero-order chi connectivity index (χ0) is 20.2. The second kappa shape index (κ2) is 6.29. The molecule has 144 valence electrons. The first-order valence-corrected chi connectivity index (χ1v) is 9.80. The van der Waals surface area contributed by atoms with E-state index in [0.717, 1.165) is 38.5 Å². The molecule has 2 heterocycles. The molecule has 0 saturated heterocycles. The first kappa shape index (κ1) is 17.0. The summed E-state index contributed by atoms with van der Waals surface area (Å²) in [4.78, 5) is 13.2. The van der Waals surface area contributed by atoms with Crippen molar-refractivity contribution in [2.24, 2.45) is 0 Å². The number of fused-ring (bicyclic) bond motifs is 7. The Hall–Kier alpha value is -3.92. The van der Waals surface area contributed by atoms with E-state index in [4.69, 9.17) is 4.42 Å². The van der Waals surface area contributed by atoms with E-state index in [1.165, 1.54) is 12.1 Å². The molecule has 1 aliphatic rings. The van der Waals surface area contributed by atoms with Crippen LogP contribution in [0.25, 0.3) is 32.9 Å². The fraction of sp³-hybridized carbons (Fsp3) is 0.0385. The van der Waals surface area contributed by atoms with E-state index in [-0.39, 0.29) is 11.4 Å². The van der Waals surface area contributed by atoms with Crippen LogP contribution in [-0.2, 0) is 0 Å². The average molecular weight is 393 g/mol. The Morgan fingerprint density at radius 2 is 1.50 bits per heavy atom. The van der Waals surface area contributed by atoms with Gasteiger partial charge in [-0.25, -0.2) is 9.18 Å². The van der Waals surface area contributed by atoms with Gasteiger partial charge in [-0.2, -0.15) is 0 Å². The van der Waals surface area contributed by atoms with Crippen molar-refractivity contribution >= 4 is 27.4 Å². The smallest absolute Gasteiger partial charge is 0.342 e. The van der Waals surface area contributed by atoms with E-state index in [1.54, 1.807) is 12.1 Å². The van der Waals surface area contributed by atoms with Crippen LogP contribution in [-0.4, -0.2) is 0 Å². The molecule has 1 N–H and O–H groups in total. The highest BCUT2D eigenvalue weighted by atomic mass is 19.1. The summed E-state index contributed by atoms with van der Waals surface area (Å²) in [5.41, 5.74) is 4.32. The van der Waals surface area contributed by atoms with Gasteiger partial charge in [-0.1, -0.05) is 60.7 Å². The van der Waals surface area contributed by atoms with Crippen molar-refractivity contribution in [2.45, 2.75) is 6.04 Å². The maximum absolute atomic E-state index is 13.6. The Kier molecular flexibility index (Phi) is 3.56. The van der Waals surface area contributed by atoms with E-state index in [2.05, 4.69) is 23.5 Å². The second-order valence-electron chi connectivity index (χ2n) is 7.51. The first-order chi connectivity index (χ1) is 14.7. The molecule has 0 saturated carbocycles. The Bertz CT molecular complexity index is 1500. The Balaban J connectivity index is 1.77. The van der Waals surface area contributed by atoms with Gasteiger partial charge >= 0.3 is 5.63 Å². The molecule has 1 atom stereocenters. The molecule has 0 amide bonds. The fourth-order valence-electron chi connectivity index (χ4n) is 4.49. The van der Waals surface area contributed by atoms with Crippen molar-refractivity contribution in [1.82, 2.24) is 0 Å². The molecule has 4 heteroatoms. The number of hydrogen-bond acceptors (Lipinski definition) is 3. The zero-order valence-electron chi connectivity index (χ0n) is 15.9.